The molecule has 0 spiro atoms. The lowest BCUT2D eigenvalue weighted by atomic mass is 10.1. The fourth-order valence-electron chi connectivity index (χ4n) is 7.48. The zero-order valence-electron chi connectivity index (χ0n) is 27.1. The Morgan fingerprint density at radius 2 is 0.922 bits per heavy atom. The van der Waals surface area contributed by atoms with E-state index in [1.165, 1.54) is 5.39 Å². The van der Waals surface area contributed by atoms with Crippen molar-refractivity contribution in [3.63, 3.8) is 0 Å². The Bertz CT molecular complexity index is 3080. The van der Waals surface area contributed by atoms with Crippen molar-refractivity contribution < 1.29 is 8.83 Å². The molecule has 0 saturated heterocycles. The molecule has 0 atom stereocenters. The summed E-state index contributed by atoms with van der Waals surface area (Å²) >= 11 is 0. The van der Waals surface area contributed by atoms with Crippen molar-refractivity contribution in [3.8, 4) is 39.9 Å². The van der Waals surface area contributed by atoms with Crippen molar-refractivity contribution in [1.29, 1.82) is 0 Å². The summed E-state index contributed by atoms with van der Waals surface area (Å²) in [5, 5.41) is 6.60. The fourth-order valence-corrected chi connectivity index (χ4v) is 7.48. The number of fused-ring (bicyclic) bond motifs is 10. The molecule has 4 aromatic heterocycles. The molecule has 6 nitrogen and oxygen atoms in total. The van der Waals surface area contributed by atoms with E-state index in [9.17, 15) is 0 Å². The van der Waals surface area contributed by atoms with Gasteiger partial charge >= 0.3 is 0 Å². The van der Waals surface area contributed by atoms with Crippen LogP contribution in [-0.2, 0) is 0 Å². The van der Waals surface area contributed by atoms with Crippen LogP contribution in [0.2, 0.25) is 0 Å². The fraction of sp³-hybridized carbons (Fsp3) is 0. The van der Waals surface area contributed by atoms with Gasteiger partial charge < -0.3 is 13.4 Å². The Morgan fingerprint density at radius 1 is 0.373 bits per heavy atom. The minimum absolute atomic E-state index is 0.589. The molecule has 0 saturated carbocycles. The van der Waals surface area contributed by atoms with Gasteiger partial charge in [-0.05, 0) is 42.5 Å². The molecule has 11 aromatic rings. The molecule has 0 aliphatic heterocycles. The van der Waals surface area contributed by atoms with Gasteiger partial charge in [-0.2, -0.15) is 0 Å². The third-order valence-corrected chi connectivity index (χ3v) is 9.85. The summed E-state index contributed by atoms with van der Waals surface area (Å²) in [4.78, 5) is 14.7. The van der Waals surface area contributed by atoms with Crippen LogP contribution < -0.4 is 0 Å². The molecule has 0 fully saturated rings. The molecule has 0 aliphatic rings. The van der Waals surface area contributed by atoms with Gasteiger partial charge in [0.25, 0.3) is 0 Å². The van der Waals surface area contributed by atoms with Crippen LogP contribution in [0.4, 0.5) is 0 Å². The molecule has 7 aromatic carbocycles. The lowest BCUT2D eigenvalue weighted by Crippen LogP contribution is -2.00. The van der Waals surface area contributed by atoms with Crippen LogP contribution in [0.1, 0.15) is 0 Å². The maximum Gasteiger partial charge on any atom is 0.164 e. The van der Waals surface area contributed by atoms with E-state index < -0.39 is 0 Å². The lowest BCUT2D eigenvalue weighted by Gasteiger charge is -2.08. The smallest absolute Gasteiger partial charge is 0.164 e. The molecule has 51 heavy (non-hydrogen) atoms. The Morgan fingerprint density at radius 3 is 1.67 bits per heavy atom. The predicted octanol–water partition coefficient (Wildman–Crippen LogP) is 11.8. The lowest BCUT2D eigenvalue weighted by molar-refractivity contribution is 0.668. The zero-order chi connectivity index (χ0) is 33.5. The maximum absolute atomic E-state index is 6.63. The topological polar surface area (TPSA) is 69.9 Å². The highest BCUT2D eigenvalue weighted by atomic mass is 16.3. The van der Waals surface area contributed by atoms with E-state index in [2.05, 4.69) is 83.4 Å². The van der Waals surface area contributed by atoms with Crippen molar-refractivity contribution in [1.82, 2.24) is 19.5 Å². The van der Waals surface area contributed by atoms with Crippen molar-refractivity contribution >= 4 is 65.7 Å². The highest BCUT2D eigenvalue weighted by Crippen LogP contribution is 2.41. The highest BCUT2D eigenvalue weighted by Gasteiger charge is 2.20. The Labute approximate surface area is 290 Å². The summed E-state index contributed by atoms with van der Waals surface area (Å²) in [5.74, 6) is 1.84. The van der Waals surface area contributed by atoms with Crippen molar-refractivity contribution in [2.75, 3.05) is 0 Å². The van der Waals surface area contributed by atoms with Gasteiger partial charge in [0, 0.05) is 55.1 Å². The molecule has 0 N–H and O–H groups in total. The molecule has 238 valence electrons. The van der Waals surface area contributed by atoms with Gasteiger partial charge in [-0.25, -0.2) is 15.0 Å². The predicted molar refractivity (Wildman–Crippen MR) is 205 cm³/mol. The van der Waals surface area contributed by atoms with E-state index in [1.54, 1.807) is 0 Å². The van der Waals surface area contributed by atoms with E-state index in [1.807, 2.05) is 78.9 Å². The largest absolute Gasteiger partial charge is 0.456 e. The number of nitrogens with zero attached hydrogens (tertiary/aromatic N) is 4. The number of hydrogen-bond acceptors (Lipinski definition) is 5. The average Bonchev–Trinajstić information content (AvgIpc) is 3.87. The quantitative estimate of drug-likeness (QED) is 0.189. The van der Waals surface area contributed by atoms with Gasteiger partial charge in [0.05, 0.1) is 16.7 Å². The number of para-hydroxylation sites is 2. The number of rotatable bonds is 4. The molecule has 0 bridgehead atoms. The first-order valence-corrected chi connectivity index (χ1v) is 16.9. The van der Waals surface area contributed by atoms with Crippen LogP contribution in [0.3, 0.4) is 0 Å². The van der Waals surface area contributed by atoms with Crippen LogP contribution in [0.5, 0.6) is 0 Å². The Kier molecular flexibility index (Phi) is 5.86. The summed E-state index contributed by atoms with van der Waals surface area (Å²) in [7, 11) is 0. The normalized spacial score (nSPS) is 11.9. The minimum atomic E-state index is 0.589. The SMILES string of the molecule is c1ccc(-c2nc(-c3ccccc3)nc(-c3ccc4c(c3)oc3cc(-n5c6ccccc6c6ccc7c8ccccc8oc7c65)ccc34)n2)cc1. The summed E-state index contributed by atoms with van der Waals surface area (Å²) in [6.07, 6.45) is 0. The van der Waals surface area contributed by atoms with E-state index in [0.29, 0.717) is 17.5 Å². The van der Waals surface area contributed by atoms with E-state index in [0.717, 1.165) is 82.7 Å². The number of aromatic nitrogens is 4. The van der Waals surface area contributed by atoms with Crippen LogP contribution in [0.25, 0.3) is 106 Å². The second kappa shape index (κ2) is 10.7. The van der Waals surface area contributed by atoms with Crippen LogP contribution in [-0.4, -0.2) is 19.5 Å². The minimum Gasteiger partial charge on any atom is -0.456 e. The Balaban J connectivity index is 1.09. The van der Waals surface area contributed by atoms with Gasteiger partial charge in [-0.1, -0.05) is 109 Å². The van der Waals surface area contributed by atoms with Gasteiger partial charge in [-0.3, -0.25) is 0 Å². The third kappa shape index (κ3) is 4.26. The number of furan rings is 2. The van der Waals surface area contributed by atoms with Gasteiger partial charge in [-0.15, -0.1) is 0 Å². The summed E-state index contributed by atoms with van der Waals surface area (Å²) in [6.45, 7) is 0. The molecule has 11 rings (SSSR count). The standard InChI is InChI=1S/C45H26N4O2/c1-3-11-27(12-4-1)43-46-44(28-13-5-2-6-14-28)48-45(47-43)29-19-21-33-34-22-20-30(26-40(34)50-39(33)25-29)49-37-17-9-7-15-31(37)35-23-24-36-32-16-8-10-18-38(32)51-42(36)41(35)49/h1-26H. The number of benzene rings is 7. The first-order chi connectivity index (χ1) is 25.3. The molecule has 6 heteroatoms. The zero-order valence-corrected chi connectivity index (χ0v) is 27.1. The monoisotopic (exact) mass is 654 g/mol. The first-order valence-electron chi connectivity index (χ1n) is 16.9. The molecule has 0 unspecified atom stereocenters. The molecular formula is C45H26N4O2. The van der Waals surface area contributed by atoms with Gasteiger partial charge in [0.15, 0.2) is 23.1 Å². The molecular weight excluding hydrogens is 629 g/mol. The average molecular weight is 655 g/mol. The first kappa shape index (κ1) is 27.9. The molecule has 0 aliphatic carbocycles. The van der Waals surface area contributed by atoms with E-state index in [-0.39, 0.29) is 0 Å². The summed E-state index contributed by atoms with van der Waals surface area (Å²) in [6, 6.07) is 53.8. The van der Waals surface area contributed by atoms with E-state index >= 15 is 0 Å². The molecule has 0 radical (unpaired) electrons. The number of hydrogen-bond donors (Lipinski definition) is 0. The van der Waals surface area contributed by atoms with Crippen LogP contribution >= 0.6 is 0 Å². The Hall–Kier alpha value is -7.05. The van der Waals surface area contributed by atoms with Gasteiger partial charge in [0.1, 0.15) is 16.7 Å². The molecule has 4 heterocycles. The van der Waals surface area contributed by atoms with Crippen LogP contribution in [0.15, 0.2) is 167 Å². The van der Waals surface area contributed by atoms with E-state index in [4.69, 9.17) is 23.8 Å². The second-order valence-corrected chi connectivity index (χ2v) is 12.8. The summed E-state index contributed by atoms with van der Waals surface area (Å²) < 4.78 is 15.5. The molecule has 0 amide bonds. The van der Waals surface area contributed by atoms with Crippen LogP contribution in [0, 0.1) is 0 Å². The third-order valence-electron chi connectivity index (χ3n) is 9.85. The van der Waals surface area contributed by atoms with Crippen molar-refractivity contribution in [2.45, 2.75) is 0 Å². The van der Waals surface area contributed by atoms with Crippen molar-refractivity contribution in [2.24, 2.45) is 0 Å². The highest BCUT2D eigenvalue weighted by molar-refractivity contribution is 6.21. The van der Waals surface area contributed by atoms with Crippen molar-refractivity contribution in [3.05, 3.63) is 158 Å². The summed E-state index contributed by atoms with van der Waals surface area (Å²) in [5.41, 5.74) is 9.19. The maximum atomic E-state index is 6.63. The van der Waals surface area contributed by atoms with Gasteiger partial charge in [0.2, 0.25) is 0 Å². The second-order valence-electron chi connectivity index (χ2n) is 12.8.